The molecule has 5 nitrogen and oxygen atoms in total. The second-order valence-corrected chi connectivity index (χ2v) is 7.00. The first-order chi connectivity index (χ1) is 11.3. The van der Waals surface area contributed by atoms with E-state index in [9.17, 15) is 5.11 Å². The summed E-state index contributed by atoms with van der Waals surface area (Å²) in [5, 5.41) is 14.0. The first kappa shape index (κ1) is 15.2. The van der Waals surface area contributed by atoms with Crippen LogP contribution in [0.2, 0.25) is 0 Å². The molecule has 0 aliphatic carbocycles. The number of hydrogen-bond acceptors (Lipinski definition) is 6. The molecule has 5 atom stereocenters. The van der Waals surface area contributed by atoms with Crippen LogP contribution in [0, 0.1) is 0 Å². The Morgan fingerprint density at radius 2 is 2.04 bits per heavy atom. The van der Waals surface area contributed by atoms with Crippen LogP contribution < -0.4 is 5.32 Å². The predicted molar refractivity (Wildman–Crippen MR) is 86.0 cm³/mol. The van der Waals surface area contributed by atoms with Crippen molar-refractivity contribution < 1.29 is 19.0 Å². The van der Waals surface area contributed by atoms with E-state index in [-0.39, 0.29) is 23.7 Å². The number of aliphatic hydroxyl groups excluding tert-OH is 1. The van der Waals surface area contributed by atoms with E-state index >= 15 is 0 Å². The first-order valence-electron chi connectivity index (χ1n) is 7.74. The van der Waals surface area contributed by atoms with Crippen molar-refractivity contribution in [3.8, 4) is 0 Å². The zero-order chi connectivity index (χ0) is 15.6. The SMILES string of the molecule is OC1C(NCc2ccco2)C2COC(O2)C1Sc1ccccc1. The molecule has 2 aromatic rings. The van der Waals surface area contributed by atoms with Crippen molar-refractivity contribution in [1.82, 2.24) is 5.32 Å². The molecule has 2 aliphatic heterocycles. The number of nitrogens with one attached hydrogen (secondary N) is 1. The maximum absolute atomic E-state index is 10.8. The first-order valence-corrected chi connectivity index (χ1v) is 8.62. The minimum Gasteiger partial charge on any atom is -0.468 e. The van der Waals surface area contributed by atoms with Crippen LogP contribution in [0.25, 0.3) is 0 Å². The molecule has 0 amide bonds. The summed E-state index contributed by atoms with van der Waals surface area (Å²) < 4.78 is 17.0. The summed E-state index contributed by atoms with van der Waals surface area (Å²) in [6, 6.07) is 13.6. The molecule has 1 aromatic carbocycles. The highest BCUT2D eigenvalue weighted by atomic mass is 32.2. The van der Waals surface area contributed by atoms with Crippen molar-refractivity contribution in [2.45, 2.75) is 41.2 Å². The van der Waals surface area contributed by atoms with Gasteiger partial charge >= 0.3 is 0 Å². The van der Waals surface area contributed by atoms with Gasteiger partial charge in [0.1, 0.15) is 11.9 Å². The molecule has 2 N–H and O–H groups in total. The number of rotatable bonds is 5. The molecule has 0 saturated carbocycles. The Balaban J connectivity index is 1.47. The van der Waals surface area contributed by atoms with Gasteiger partial charge in [0.25, 0.3) is 0 Å². The van der Waals surface area contributed by atoms with Crippen LogP contribution in [0.4, 0.5) is 0 Å². The van der Waals surface area contributed by atoms with E-state index in [4.69, 9.17) is 13.9 Å². The van der Waals surface area contributed by atoms with Gasteiger partial charge in [0.2, 0.25) is 0 Å². The third-order valence-electron chi connectivity index (χ3n) is 4.21. The molecule has 122 valence electrons. The molecule has 0 spiro atoms. The molecule has 2 aliphatic rings. The maximum atomic E-state index is 10.8. The Bertz CT molecular complexity index is 621. The van der Waals surface area contributed by atoms with Crippen molar-refractivity contribution in [2.24, 2.45) is 0 Å². The van der Waals surface area contributed by atoms with E-state index in [2.05, 4.69) is 5.32 Å². The van der Waals surface area contributed by atoms with Crippen molar-refractivity contribution in [3.05, 3.63) is 54.5 Å². The molecule has 1 aromatic heterocycles. The van der Waals surface area contributed by atoms with E-state index in [0.29, 0.717) is 13.2 Å². The molecule has 23 heavy (non-hydrogen) atoms. The van der Waals surface area contributed by atoms with E-state index < -0.39 is 6.10 Å². The second kappa shape index (κ2) is 6.67. The van der Waals surface area contributed by atoms with Gasteiger partial charge in [-0.3, -0.25) is 0 Å². The Morgan fingerprint density at radius 3 is 2.83 bits per heavy atom. The van der Waals surface area contributed by atoms with Gasteiger partial charge in [-0.25, -0.2) is 0 Å². The molecule has 3 heterocycles. The summed E-state index contributed by atoms with van der Waals surface area (Å²) in [6.07, 6.45) is 0.606. The number of aliphatic hydroxyl groups is 1. The van der Waals surface area contributed by atoms with Gasteiger partial charge in [-0.05, 0) is 24.3 Å². The van der Waals surface area contributed by atoms with Crippen LogP contribution >= 0.6 is 11.8 Å². The number of ether oxygens (including phenoxy) is 2. The lowest BCUT2D eigenvalue weighted by molar-refractivity contribution is -0.123. The Labute approximate surface area is 139 Å². The second-order valence-electron chi connectivity index (χ2n) is 5.75. The van der Waals surface area contributed by atoms with Crippen LogP contribution in [-0.4, -0.2) is 41.5 Å². The Morgan fingerprint density at radius 1 is 1.17 bits per heavy atom. The van der Waals surface area contributed by atoms with Gasteiger partial charge < -0.3 is 24.3 Å². The van der Waals surface area contributed by atoms with E-state index in [1.54, 1.807) is 18.0 Å². The summed E-state index contributed by atoms with van der Waals surface area (Å²) in [5.41, 5.74) is 0. The molecule has 5 unspecified atom stereocenters. The van der Waals surface area contributed by atoms with Crippen LogP contribution in [0.5, 0.6) is 0 Å². The van der Waals surface area contributed by atoms with E-state index in [1.165, 1.54) is 0 Å². The number of thioether (sulfide) groups is 1. The number of fused-ring (bicyclic) bond motifs is 2. The average molecular weight is 333 g/mol. The third kappa shape index (κ3) is 3.18. The van der Waals surface area contributed by atoms with Crippen molar-refractivity contribution in [1.29, 1.82) is 0 Å². The monoisotopic (exact) mass is 333 g/mol. The van der Waals surface area contributed by atoms with E-state index in [1.807, 2.05) is 42.5 Å². The van der Waals surface area contributed by atoms with Gasteiger partial charge in [-0.1, -0.05) is 18.2 Å². The van der Waals surface area contributed by atoms with Crippen LogP contribution in [0.15, 0.2) is 58.0 Å². The highest BCUT2D eigenvalue weighted by Crippen LogP contribution is 2.38. The highest BCUT2D eigenvalue weighted by Gasteiger charge is 2.50. The molecule has 2 saturated heterocycles. The lowest BCUT2D eigenvalue weighted by Crippen LogP contribution is -2.58. The highest BCUT2D eigenvalue weighted by molar-refractivity contribution is 8.00. The topological polar surface area (TPSA) is 63.9 Å². The standard InChI is InChI=1S/C17H19NO4S/c19-15-14(18-9-11-5-4-8-20-11)13-10-21-17(22-13)16(15)23-12-6-2-1-3-7-12/h1-8,13-19H,9-10H2. The number of hydrogen-bond donors (Lipinski definition) is 2. The van der Waals surface area contributed by atoms with Crippen LogP contribution in [-0.2, 0) is 16.0 Å². The van der Waals surface area contributed by atoms with Gasteiger partial charge in [0.15, 0.2) is 6.29 Å². The summed E-state index contributed by atoms with van der Waals surface area (Å²) in [6.45, 7) is 1.06. The fourth-order valence-electron chi connectivity index (χ4n) is 3.05. The summed E-state index contributed by atoms with van der Waals surface area (Å²) >= 11 is 1.60. The predicted octanol–water partition coefficient (Wildman–Crippen LogP) is 2.01. The quantitative estimate of drug-likeness (QED) is 0.873. The van der Waals surface area contributed by atoms with E-state index in [0.717, 1.165) is 10.7 Å². The zero-order valence-corrected chi connectivity index (χ0v) is 13.3. The average Bonchev–Trinajstić information content (AvgIpc) is 3.23. The van der Waals surface area contributed by atoms with Crippen LogP contribution in [0.1, 0.15) is 5.76 Å². The van der Waals surface area contributed by atoms with Gasteiger partial charge in [0, 0.05) is 4.90 Å². The molecular weight excluding hydrogens is 314 g/mol. The smallest absolute Gasteiger partial charge is 0.172 e. The number of furan rings is 1. The molecule has 4 rings (SSSR count). The minimum absolute atomic E-state index is 0.127. The van der Waals surface area contributed by atoms with Gasteiger partial charge in [0.05, 0.1) is 36.8 Å². The molecular formula is C17H19NO4S. The lowest BCUT2D eigenvalue weighted by atomic mass is 10.00. The van der Waals surface area contributed by atoms with Gasteiger partial charge in [-0.2, -0.15) is 0 Å². The van der Waals surface area contributed by atoms with Gasteiger partial charge in [-0.15, -0.1) is 11.8 Å². The summed E-state index contributed by atoms with van der Waals surface area (Å²) in [4.78, 5) is 1.10. The molecule has 2 bridgehead atoms. The van der Waals surface area contributed by atoms with Crippen LogP contribution in [0.3, 0.4) is 0 Å². The minimum atomic E-state index is -0.554. The zero-order valence-electron chi connectivity index (χ0n) is 12.5. The molecule has 0 radical (unpaired) electrons. The largest absolute Gasteiger partial charge is 0.468 e. The fraction of sp³-hybridized carbons (Fsp3) is 0.412. The van der Waals surface area contributed by atoms with Crippen molar-refractivity contribution in [2.75, 3.05) is 6.61 Å². The van der Waals surface area contributed by atoms with Crippen molar-refractivity contribution in [3.63, 3.8) is 0 Å². The Hall–Kier alpha value is -1.31. The van der Waals surface area contributed by atoms with Crippen molar-refractivity contribution >= 4 is 11.8 Å². The summed E-state index contributed by atoms with van der Waals surface area (Å²) in [7, 11) is 0. The maximum Gasteiger partial charge on any atom is 0.172 e. The third-order valence-corrected chi connectivity index (χ3v) is 5.53. The Kier molecular flexibility index (Phi) is 4.41. The summed E-state index contributed by atoms with van der Waals surface area (Å²) in [5.74, 6) is 0.838. The lowest BCUT2D eigenvalue weighted by Gasteiger charge is -2.38. The number of benzene rings is 1. The fourth-order valence-corrected chi connectivity index (χ4v) is 4.24. The molecule has 2 fully saturated rings. The normalized spacial score (nSPS) is 33.0. The molecule has 6 heteroatoms.